The zero-order valence-electron chi connectivity index (χ0n) is 17.3. The number of halogens is 1. The molecule has 10 heteroatoms. The first-order valence-corrected chi connectivity index (χ1v) is 12.8. The predicted octanol–water partition coefficient (Wildman–Crippen LogP) is 3.54. The number of aromatic nitrogens is 1. The van der Waals surface area contributed by atoms with Gasteiger partial charge in [0.15, 0.2) is 4.80 Å². The average Bonchev–Trinajstić information content (AvgIpc) is 3.01. The van der Waals surface area contributed by atoms with Gasteiger partial charge in [-0.1, -0.05) is 27.3 Å². The van der Waals surface area contributed by atoms with Crippen LogP contribution in [0.1, 0.15) is 24.2 Å². The average molecular weight is 524 g/mol. The summed E-state index contributed by atoms with van der Waals surface area (Å²) in [6, 6.07) is 11.8. The van der Waals surface area contributed by atoms with Crippen LogP contribution in [-0.4, -0.2) is 48.5 Å². The van der Waals surface area contributed by atoms with Crippen LogP contribution < -0.4 is 4.80 Å². The zero-order chi connectivity index (χ0) is 22.3. The number of fused-ring (bicyclic) bond motifs is 1. The molecule has 2 unspecified atom stereocenters. The predicted molar refractivity (Wildman–Crippen MR) is 124 cm³/mol. The Hall–Kier alpha value is -1.85. The Morgan fingerprint density at radius 3 is 2.42 bits per heavy atom. The van der Waals surface area contributed by atoms with Crippen molar-refractivity contribution in [2.75, 3.05) is 13.1 Å². The summed E-state index contributed by atoms with van der Waals surface area (Å²) >= 11 is 4.87. The number of hydrogen-bond acceptors (Lipinski definition) is 5. The van der Waals surface area contributed by atoms with E-state index in [4.69, 9.17) is 4.74 Å². The summed E-state index contributed by atoms with van der Waals surface area (Å²) in [5.41, 5.74) is 1.32. The summed E-state index contributed by atoms with van der Waals surface area (Å²) in [6.07, 6.45) is -0.332. The molecule has 0 N–H and O–H groups in total. The summed E-state index contributed by atoms with van der Waals surface area (Å²) in [7, 11) is -1.79. The molecule has 0 bridgehead atoms. The number of thiazole rings is 1. The van der Waals surface area contributed by atoms with Gasteiger partial charge in [0.05, 0.1) is 27.3 Å². The topological polar surface area (TPSA) is 81.0 Å². The molecule has 164 valence electrons. The zero-order valence-corrected chi connectivity index (χ0v) is 20.5. The van der Waals surface area contributed by atoms with Crippen LogP contribution in [0.2, 0.25) is 0 Å². The van der Waals surface area contributed by atoms with E-state index < -0.39 is 15.9 Å². The molecule has 0 aliphatic carbocycles. The second-order valence-electron chi connectivity index (χ2n) is 7.58. The fraction of sp³-hybridized carbons (Fsp3) is 0.333. The fourth-order valence-electron chi connectivity index (χ4n) is 3.61. The van der Waals surface area contributed by atoms with E-state index in [-0.39, 0.29) is 17.1 Å². The molecule has 0 spiro atoms. The maximum atomic E-state index is 13.0. The van der Waals surface area contributed by atoms with E-state index in [1.165, 1.54) is 39.9 Å². The van der Waals surface area contributed by atoms with E-state index >= 15 is 0 Å². The summed E-state index contributed by atoms with van der Waals surface area (Å²) in [4.78, 5) is 17.7. The Morgan fingerprint density at radius 1 is 1.13 bits per heavy atom. The smallest absolute Gasteiger partial charge is 0.279 e. The lowest BCUT2D eigenvalue weighted by Crippen LogP contribution is -2.48. The van der Waals surface area contributed by atoms with Crippen molar-refractivity contribution < 1.29 is 17.9 Å². The number of nitrogens with zero attached hydrogens (tertiary/aromatic N) is 3. The van der Waals surface area contributed by atoms with E-state index in [9.17, 15) is 13.2 Å². The SMILES string of the molecule is CC1CN(S(=O)(=O)c2ccc(C(=O)N=c3sc4cc(Br)ccc4n3C)cc2)CC(C)O1. The largest absolute Gasteiger partial charge is 0.373 e. The van der Waals surface area contributed by atoms with E-state index in [1.807, 2.05) is 43.7 Å². The molecule has 3 aromatic rings. The highest BCUT2D eigenvalue weighted by atomic mass is 79.9. The van der Waals surface area contributed by atoms with Crippen LogP contribution >= 0.6 is 27.3 Å². The molecule has 1 saturated heterocycles. The van der Waals surface area contributed by atoms with Crippen LogP contribution in [0, 0.1) is 0 Å². The summed E-state index contributed by atoms with van der Waals surface area (Å²) in [5, 5.41) is 0. The quantitative estimate of drug-likeness (QED) is 0.525. The molecule has 1 fully saturated rings. The van der Waals surface area contributed by atoms with Gasteiger partial charge in [-0.15, -0.1) is 0 Å². The second-order valence-corrected chi connectivity index (χ2v) is 11.4. The molecule has 0 saturated carbocycles. The van der Waals surface area contributed by atoms with E-state index in [2.05, 4.69) is 20.9 Å². The molecule has 2 aromatic carbocycles. The second kappa shape index (κ2) is 8.59. The van der Waals surface area contributed by atoms with Gasteiger partial charge in [0, 0.05) is 30.2 Å². The fourth-order valence-corrected chi connectivity index (χ4v) is 6.77. The standard InChI is InChI=1S/C21H22BrN3O4S2/c1-13-11-25(12-14(2)29-13)31(27,28)17-7-4-15(5-8-17)20(26)23-21-24(3)18-9-6-16(22)10-19(18)30-21/h4-10,13-14H,11-12H2,1-3H3. The third-order valence-corrected chi connectivity index (χ3v) is 8.53. The lowest BCUT2D eigenvalue weighted by molar-refractivity contribution is -0.0440. The maximum absolute atomic E-state index is 13.0. The Bertz CT molecular complexity index is 1300. The molecule has 1 aliphatic rings. The van der Waals surface area contributed by atoms with Crippen molar-refractivity contribution in [3.63, 3.8) is 0 Å². The van der Waals surface area contributed by atoms with Crippen molar-refractivity contribution in [1.82, 2.24) is 8.87 Å². The summed E-state index contributed by atoms with van der Waals surface area (Å²) < 4.78 is 36.9. The molecule has 7 nitrogen and oxygen atoms in total. The highest BCUT2D eigenvalue weighted by Crippen LogP contribution is 2.23. The van der Waals surface area contributed by atoms with Gasteiger partial charge in [-0.2, -0.15) is 9.30 Å². The van der Waals surface area contributed by atoms with Gasteiger partial charge in [-0.05, 0) is 56.3 Å². The van der Waals surface area contributed by atoms with Gasteiger partial charge < -0.3 is 9.30 Å². The first kappa shape index (κ1) is 22.3. The highest BCUT2D eigenvalue weighted by Gasteiger charge is 2.32. The van der Waals surface area contributed by atoms with E-state index in [0.29, 0.717) is 23.5 Å². The first-order chi connectivity index (χ1) is 14.6. The minimum Gasteiger partial charge on any atom is -0.373 e. The number of benzene rings is 2. The third kappa shape index (κ3) is 4.54. The molecule has 0 radical (unpaired) electrons. The molecule has 1 aromatic heterocycles. The number of rotatable bonds is 3. The Labute approximate surface area is 193 Å². The maximum Gasteiger partial charge on any atom is 0.279 e. The summed E-state index contributed by atoms with van der Waals surface area (Å²) in [5.74, 6) is -0.418. The van der Waals surface area contributed by atoms with Crippen LogP contribution in [0.25, 0.3) is 10.2 Å². The van der Waals surface area contributed by atoms with Gasteiger partial charge in [-0.3, -0.25) is 4.79 Å². The van der Waals surface area contributed by atoms with Crippen LogP contribution in [-0.2, 0) is 21.8 Å². The van der Waals surface area contributed by atoms with Crippen molar-refractivity contribution in [3.05, 3.63) is 57.3 Å². The van der Waals surface area contributed by atoms with Gasteiger partial charge >= 0.3 is 0 Å². The number of aryl methyl sites for hydroxylation is 1. The number of ether oxygens (including phenoxy) is 1. The third-order valence-electron chi connectivity index (χ3n) is 5.09. The molecular formula is C21H22BrN3O4S2. The minimum atomic E-state index is -3.65. The molecule has 2 heterocycles. The Balaban J connectivity index is 1.60. The first-order valence-electron chi connectivity index (χ1n) is 9.75. The molecule has 1 aliphatic heterocycles. The van der Waals surface area contributed by atoms with E-state index in [0.717, 1.165) is 14.7 Å². The lowest BCUT2D eigenvalue weighted by Gasteiger charge is -2.34. The normalized spacial score (nSPS) is 21.0. The molecule has 1 amide bonds. The number of carbonyl (C=O) groups is 1. The number of carbonyl (C=O) groups excluding carboxylic acids is 1. The Morgan fingerprint density at radius 2 is 1.77 bits per heavy atom. The minimum absolute atomic E-state index is 0.155. The van der Waals surface area contributed by atoms with Crippen molar-refractivity contribution in [2.24, 2.45) is 12.0 Å². The number of amides is 1. The molecule has 31 heavy (non-hydrogen) atoms. The van der Waals surface area contributed by atoms with Crippen molar-refractivity contribution in [1.29, 1.82) is 0 Å². The number of morpholine rings is 1. The molecule has 4 rings (SSSR count). The van der Waals surface area contributed by atoms with Crippen LogP contribution in [0.3, 0.4) is 0 Å². The van der Waals surface area contributed by atoms with Gasteiger partial charge in [-0.25, -0.2) is 8.42 Å². The van der Waals surface area contributed by atoms with Gasteiger partial charge in [0.1, 0.15) is 0 Å². The number of sulfonamides is 1. The Kier molecular flexibility index (Phi) is 6.19. The van der Waals surface area contributed by atoms with Crippen molar-refractivity contribution in [3.8, 4) is 0 Å². The van der Waals surface area contributed by atoms with Crippen molar-refractivity contribution >= 4 is 53.4 Å². The summed E-state index contributed by atoms with van der Waals surface area (Å²) in [6.45, 7) is 4.32. The molecule has 2 atom stereocenters. The monoisotopic (exact) mass is 523 g/mol. The van der Waals surface area contributed by atoms with E-state index in [1.54, 1.807) is 0 Å². The lowest BCUT2D eigenvalue weighted by atomic mass is 10.2. The highest BCUT2D eigenvalue weighted by molar-refractivity contribution is 9.10. The van der Waals surface area contributed by atoms with Crippen LogP contribution in [0.5, 0.6) is 0 Å². The number of hydrogen-bond donors (Lipinski definition) is 0. The van der Waals surface area contributed by atoms with Gasteiger partial charge in [0.25, 0.3) is 5.91 Å². The molecular weight excluding hydrogens is 502 g/mol. The van der Waals surface area contributed by atoms with Crippen LogP contribution in [0.15, 0.2) is 56.8 Å². The van der Waals surface area contributed by atoms with Crippen LogP contribution in [0.4, 0.5) is 0 Å². The van der Waals surface area contributed by atoms with Gasteiger partial charge in [0.2, 0.25) is 10.0 Å². The van der Waals surface area contributed by atoms with Crippen molar-refractivity contribution in [2.45, 2.75) is 31.0 Å².